The highest BCUT2D eigenvalue weighted by Crippen LogP contribution is 2.04. The van der Waals surface area contributed by atoms with Gasteiger partial charge in [0.2, 0.25) is 5.91 Å². The molecule has 2 atom stereocenters. The number of ether oxygens (including phenoxy) is 1. The number of hydrogen-bond donors (Lipinski definition) is 3. The third kappa shape index (κ3) is 11.1. The summed E-state index contributed by atoms with van der Waals surface area (Å²) in [6.45, 7) is 1.59. The Morgan fingerprint density at radius 2 is 1.52 bits per heavy atom. The van der Waals surface area contributed by atoms with Crippen LogP contribution in [0.1, 0.15) is 18.1 Å². The fourth-order valence-electron chi connectivity index (χ4n) is 2.28. The van der Waals surface area contributed by atoms with E-state index in [9.17, 15) is 19.5 Å². The van der Waals surface area contributed by atoms with E-state index in [1.165, 1.54) is 6.92 Å². The van der Waals surface area contributed by atoms with Gasteiger partial charge in [0, 0.05) is 6.92 Å². The van der Waals surface area contributed by atoms with Crippen LogP contribution in [0.2, 0.25) is 0 Å². The lowest BCUT2D eigenvalue weighted by Crippen LogP contribution is -2.51. The van der Waals surface area contributed by atoms with Crippen LogP contribution in [0.25, 0.3) is 0 Å². The van der Waals surface area contributed by atoms with Gasteiger partial charge in [0.05, 0.1) is 19.3 Å². The summed E-state index contributed by atoms with van der Waals surface area (Å²) in [4.78, 5) is 32.8. The molecule has 2 aromatic carbocycles. The van der Waals surface area contributed by atoms with Gasteiger partial charge in [0.1, 0.15) is 0 Å². The van der Waals surface area contributed by atoms with Crippen LogP contribution in [0, 0.1) is 0 Å². The number of nitrogens with one attached hydrogen (secondary N) is 1. The quantitative estimate of drug-likeness (QED) is 0.489. The Morgan fingerprint density at radius 1 is 1.03 bits per heavy atom. The lowest BCUT2D eigenvalue weighted by molar-refractivity contribution is -0.144. The molecule has 2 aromatic rings. The molecule has 29 heavy (non-hydrogen) atoms. The monoisotopic (exact) mass is 464 g/mol. The Morgan fingerprint density at radius 3 is 2.00 bits per heavy atom. The second-order valence-corrected chi connectivity index (χ2v) is 7.28. The summed E-state index contributed by atoms with van der Waals surface area (Å²) in [6.07, 6.45) is 0.337. The minimum Gasteiger partial charge on any atom is -0.480 e. The highest BCUT2D eigenvalue weighted by molar-refractivity contribution is 9.18. The van der Waals surface area contributed by atoms with Gasteiger partial charge in [0.25, 0.3) is 0 Å². The first-order valence-electron chi connectivity index (χ1n) is 8.90. The number of nitrogens with two attached hydrogens (primary N) is 1. The van der Waals surface area contributed by atoms with Gasteiger partial charge in [-0.3, -0.25) is 9.59 Å². The average molecular weight is 465 g/mol. The molecule has 8 heteroatoms. The second-order valence-electron chi connectivity index (χ2n) is 6.17. The van der Waals surface area contributed by atoms with Gasteiger partial charge in [-0.2, -0.15) is 0 Å². The Balaban J connectivity index is 0.000000960. The lowest BCUT2D eigenvalue weighted by Gasteiger charge is -2.18. The minimum atomic E-state index is -1.16. The number of benzene rings is 2. The predicted molar refractivity (Wildman–Crippen MR) is 113 cm³/mol. The molecule has 0 unspecified atom stereocenters. The molecule has 0 spiro atoms. The van der Waals surface area contributed by atoms with Crippen molar-refractivity contribution < 1.29 is 24.2 Å². The van der Waals surface area contributed by atoms with Gasteiger partial charge in [-0.25, -0.2) is 4.79 Å². The number of halogens is 1. The van der Waals surface area contributed by atoms with Crippen LogP contribution in [-0.4, -0.2) is 40.4 Å². The zero-order valence-corrected chi connectivity index (χ0v) is 17.7. The molecule has 156 valence electrons. The standard InChI is InChI=1S/C19H22N2O4.C2H3BrO/c20-16(11-14-7-3-1-4-8-14)18(22)21-17(19(23)24)13-25-12-15-9-5-2-6-10-15;1-2(3)4/h1-10,16-17H,11-13,20H2,(H,21,22)(H,23,24);1H3/t16-,17-;/m0./s1. The van der Waals surface area contributed by atoms with Gasteiger partial charge < -0.3 is 20.9 Å². The van der Waals surface area contributed by atoms with E-state index >= 15 is 0 Å². The number of carboxylic acids is 1. The van der Waals surface area contributed by atoms with E-state index in [1.807, 2.05) is 60.7 Å². The number of carbonyl (C=O) groups is 3. The highest BCUT2D eigenvalue weighted by Gasteiger charge is 2.23. The van der Waals surface area contributed by atoms with E-state index in [2.05, 4.69) is 21.2 Å². The Hall–Kier alpha value is -2.55. The maximum absolute atomic E-state index is 12.1. The van der Waals surface area contributed by atoms with Gasteiger partial charge in [-0.15, -0.1) is 0 Å². The van der Waals surface area contributed by atoms with Crippen LogP contribution in [0.15, 0.2) is 60.7 Å². The average Bonchev–Trinajstić information content (AvgIpc) is 2.68. The number of hydrogen-bond acceptors (Lipinski definition) is 5. The molecular weight excluding hydrogens is 440 g/mol. The first-order valence-corrected chi connectivity index (χ1v) is 9.69. The number of carboxylic acid groups (broad SMARTS) is 1. The molecule has 0 aliphatic carbocycles. The summed E-state index contributed by atoms with van der Waals surface area (Å²) >= 11 is 2.63. The summed E-state index contributed by atoms with van der Waals surface area (Å²) in [6, 6.07) is 16.8. The largest absolute Gasteiger partial charge is 0.480 e. The topological polar surface area (TPSA) is 119 Å². The molecule has 0 bridgehead atoms. The van der Waals surface area contributed by atoms with Crippen molar-refractivity contribution in [3.8, 4) is 0 Å². The van der Waals surface area contributed by atoms with E-state index in [0.29, 0.717) is 6.42 Å². The van der Waals surface area contributed by atoms with Crippen molar-refractivity contribution in [1.29, 1.82) is 0 Å². The van der Waals surface area contributed by atoms with Crippen molar-refractivity contribution in [1.82, 2.24) is 5.32 Å². The fourth-order valence-corrected chi connectivity index (χ4v) is 2.28. The first-order chi connectivity index (χ1) is 13.8. The van der Waals surface area contributed by atoms with Crippen molar-refractivity contribution in [2.24, 2.45) is 5.73 Å². The molecule has 0 aromatic heterocycles. The van der Waals surface area contributed by atoms with Gasteiger partial charge in [-0.1, -0.05) is 60.7 Å². The van der Waals surface area contributed by atoms with E-state index in [1.54, 1.807) is 0 Å². The molecule has 0 heterocycles. The van der Waals surface area contributed by atoms with Crippen molar-refractivity contribution >= 4 is 32.5 Å². The van der Waals surface area contributed by atoms with Crippen molar-refractivity contribution in [3.05, 3.63) is 71.8 Å². The maximum Gasteiger partial charge on any atom is 0.328 e. The predicted octanol–water partition coefficient (Wildman–Crippen LogP) is 2.27. The van der Waals surface area contributed by atoms with Crippen LogP contribution in [0.5, 0.6) is 0 Å². The SMILES string of the molecule is CC(=O)Br.N[C@@H](Cc1ccccc1)C(=O)N[C@@H](COCc1ccccc1)C(=O)O. The Kier molecular flexibility index (Phi) is 11.5. The van der Waals surface area contributed by atoms with Gasteiger partial charge >= 0.3 is 5.97 Å². The number of amides is 1. The molecule has 7 nitrogen and oxygen atoms in total. The van der Waals surface area contributed by atoms with Gasteiger partial charge in [0.15, 0.2) is 10.7 Å². The van der Waals surface area contributed by atoms with Crippen LogP contribution in [0.3, 0.4) is 0 Å². The summed E-state index contributed by atoms with van der Waals surface area (Å²) in [5.74, 6) is -1.67. The molecule has 0 aliphatic heterocycles. The molecule has 0 saturated carbocycles. The van der Waals surface area contributed by atoms with E-state index in [-0.39, 0.29) is 17.9 Å². The summed E-state index contributed by atoms with van der Waals surface area (Å²) in [5, 5.41) is 11.7. The minimum absolute atomic E-state index is 0.0208. The van der Waals surface area contributed by atoms with Crippen molar-refractivity contribution in [3.63, 3.8) is 0 Å². The van der Waals surface area contributed by atoms with Crippen molar-refractivity contribution in [2.75, 3.05) is 6.61 Å². The fraction of sp³-hybridized carbons (Fsp3) is 0.286. The molecule has 0 radical (unpaired) electrons. The molecule has 0 fully saturated rings. The van der Waals surface area contributed by atoms with Crippen LogP contribution in [-0.2, 0) is 32.1 Å². The van der Waals surface area contributed by atoms with E-state index in [0.717, 1.165) is 11.1 Å². The zero-order chi connectivity index (χ0) is 21.6. The summed E-state index contributed by atoms with van der Waals surface area (Å²) in [7, 11) is 0. The van der Waals surface area contributed by atoms with E-state index in [4.69, 9.17) is 10.5 Å². The zero-order valence-electron chi connectivity index (χ0n) is 16.1. The van der Waals surface area contributed by atoms with Crippen LogP contribution >= 0.6 is 15.9 Å². The third-order valence-corrected chi connectivity index (χ3v) is 3.65. The molecule has 4 N–H and O–H groups in total. The molecular formula is C21H25BrN2O5. The smallest absolute Gasteiger partial charge is 0.328 e. The molecule has 1 amide bonds. The maximum atomic E-state index is 12.1. The van der Waals surface area contributed by atoms with Crippen molar-refractivity contribution in [2.45, 2.75) is 32.0 Å². The first kappa shape index (κ1) is 24.5. The number of aliphatic carboxylic acids is 1. The van der Waals surface area contributed by atoms with Gasteiger partial charge in [-0.05, 0) is 33.5 Å². The molecule has 0 aliphatic rings. The second kappa shape index (κ2) is 13.6. The van der Waals surface area contributed by atoms with E-state index < -0.39 is 24.0 Å². The summed E-state index contributed by atoms with van der Waals surface area (Å²) < 4.78 is 5.38. The van der Waals surface area contributed by atoms with Crippen LogP contribution < -0.4 is 11.1 Å². The molecule has 2 rings (SSSR count). The summed E-state index contributed by atoms with van der Waals surface area (Å²) in [5.41, 5.74) is 7.72. The third-order valence-electron chi connectivity index (χ3n) is 3.65. The number of rotatable bonds is 9. The Bertz CT molecular complexity index is 767. The highest BCUT2D eigenvalue weighted by atomic mass is 79.9. The normalized spacial score (nSPS) is 12.1. The lowest BCUT2D eigenvalue weighted by atomic mass is 10.1. The van der Waals surface area contributed by atoms with Crippen LogP contribution in [0.4, 0.5) is 0 Å². The number of carbonyl (C=O) groups excluding carboxylic acids is 2. The Labute approximate surface area is 178 Å². The molecule has 0 saturated heterocycles.